The van der Waals surface area contributed by atoms with E-state index in [0.29, 0.717) is 5.92 Å². The second-order valence-electron chi connectivity index (χ2n) is 5.00. The van der Waals surface area contributed by atoms with Crippen LogP contribution in [0.3, 0.4) is 0 Å². The molecule has 0 radical (unpaired) electrons. The number of nitrogens with one attached hydrogen (secondary N) is 1. The Kier molecular flexibility index (Phi) is 7.73. The number of nitrogens with zero attached hydrogens (tertiary/aromatic N) is 1. The molecule has 0 spiro atoms. The lowest BCUT2D eigenvalue weighted by atomic mass is 10.2. The van der Waals surface area contributed by atoms with Crippen molar-refractivity contribution in [3.63, 3.8) is 0 Å². The van der Waals surface area contributed by atoms with E-state index in [1.165, 1.54) is 5.56 Å². The van der Waals surface area contributed by atoms with Crippen molar-refractivity contribution in [3.05, 3.63) is 24.2 Å². The maximum Gasteiger partial charge on any atom is 0.0947 e. The van der Waals surface area contributed by atoms with E-state index in [0.717, 1.165) is 39.3 Å². The Morgan fingerprint density at radius 2 is 2.22 bits per heavy atom. The SMILES string of the molecule is COCCN(CCNCc1ccoc1)CC(C)C. The van der Waals surface area contributed by atoms with E-state index in [1.807, 2.05) is 6.07 Å². The van der Waals surface area contributed by atoms with Gasteiger partial charge in [-0.1, -0.05) is 13.8 Å². The Labute approximate surface area is 110 Å². The molecule has 0 aromatic carbocycles. The van der Waals surface area contributed by atoms with E-state index in [9.17, 15) is 0 Å². The molecular formula is C14H26N2O2. The molecule has 1 aromatic heterocycles. The van der Waals surface area contributed by atoms with Gasteiger partial charge in [0.1, 0.15) is 0 Å². The summed E-state index contributed by atoms with van der Waals surface area (Å²) in [5.74, 6) is 0.690. The predicted octanol–water partition coefficient (Wildman–Crippen LogP) is 1.97. The number of rotatable bonds is 10. The molecule has 1 rings (SSSR count). The Morgan fingerprint density at radius 3 is 2.83 bits per heavy atom. The first-order valence-electron chi connectivity index (χ1n) is 6.65. The normalized spacial score (nSPS) is 11.6. The molecule has 0 saturated carbocycles. The van der Waals surface area contributed by atoms with Gasteiger partial charge in [0.15, 0.2) is 0 Å². The summed E-state index contributed by atoms with van der Waals surface area (Å²) in [5, 5.41) is 3.43. The summed E-state index contributed by atoms with van der Waals surface area (Å²) in [6, 6.07) is 1.99. The fourth-order valence-electron chi connectivity index (χ4n) is 1.89. The summed E-state index contributed by atoms with van der Waals surface area (Å²) < 4.78 is 10.2. The zero-order valence-corrected chi connectivity index (χ0v) is 11.8. The molecule has 1 N–H and O–H groups in total. The first-order valence-corrected chi connectivity index (χ1v) is 6.65. The van der Waals surface area contributed by atoms with Gasteiger partial charge >= 0.3 is 0 Å². The largest absolute Gasteiger partial charge is 0.472 e. The molecule has 0 atom stereocenters. The Bertz CT molecular complexity index is 286. The summed E-state index contributed by atoms with van der Waals surface area (Å²) in [6.45, 7) is 10.3. The van der Waals surface area contributed by atoms with Crippen LogP contribution in [-0.4, -0.2) is 44.8 Å². The highest BCUT2D eigenvalue weighted by Gasteiger charge is 2.06. The van der Waals surface area contributed by atoms with Crippen LogP contribution in [0.5, 0.6) is 0 Å². The molecule has 0 saturated heterocycles. The molecule has 0 fully saturated rings. The lowest BCUT2D eigenvalue weighted by molar-refractivity contribution is 0.140. The minimum Gasteiger partial charge on any atom is -0.472 e. The summed E-state index contributed by atoms with van der Waals surface area (Å²) in [5.41, 5.74) is 1.20. The average Bonchev–Trinajstić information content (AvgIpc) is 2.83. The zero-order chi connectivity index (χ0) is 13.2. The Hall–Kier alpha value is -0.840. The van der Waals surface area contributed by atoms with Gasteiger partial charge in [-0.3, -0.25) is 4.90 Å². The molecule has 4 heteroatoms. The van der Waals surface area contributed by atoms with Crippen molar-refractivity contribution in [2.45, 2.75) is 20.4 Å². The first kappa shape index (κ1) is 15.2. The van der Waals surface area contributed by atoms with Gasteiger partial charge in [0.25, 0.3) is 0 Å². The van der Waals surface area contributed by atoms with Gasteiger partial charge in [-0.05, 0) is 12.0 Å². The summed E-state index contributed by atoms with van der Waals surface area (Å²) in [6.07, 6.45) is 3.49. The molecule has 104 valence electrons. The number of hydrogen-bond donors (Lipinski definition) is 1. The summed E-state index contributed by atoms with van der Waals surface area (Å²) in [4.78, 5) is 2.44. The fourth-order valence-corrected chi connectivity index (χ4v) is 1.89. The second-order valence-corrected chi connectivity index (χ2v) is 5.00. The quantitative estimate of drug-likeness (QED) is 0.648. The van der Waals surface area contributed by atoms with E-state index in [2.05, 4.69) is 24.1 Å². The molecule has 0 amide bonds. The highest BCUT2D eigenvalue weighted by atomic mass is 16.5. The Balaban J connectivity index is 2.15. The van der Waals surface area contributed by atoms with Crippen LogP contribution in [-0.2, 0) is 11.3 Å². The smallest absolute Gasteiger partial charge is 0.0947 e. The van der Waals surface area contributed by atoms with Gasteiger partial charge in [-0.25, -0.2) is 0 Å². The predicted molar refractivity (Wildman–Crippen MR) is 73.6 cm³/mol. The van der Waals surface area contributed by atoms with E-state index in [-0.39, 0.29) is 0 Å². The molecular weight excluding hydrogens is 228 g/mol. The van der Waals surface area contributed by atoms with Crippen LogP contribution in [0.25, 0.3) is 0 Å². The highest BCUT2D eigenvalue weighted by Crippen LogP contribution is 2.00. The second kappa shape index (κ2) is 9.14. The maximum absolute atomic E-state index is 5.14. The summed E-state index contributed by atoms with van der Waals surface area (Å²) in [7, 11) is 1.75. The van der Waals surface area contributed by atoms with Crippen LogP contribution in [0.4, 0.5) is 0 Å². The number of hydrogen-bond acceptors (Lipinski definition) is 4. The lowest BCUT2D eigenvalue weighted by Gasteiger charge is -2.24. The van der Waals surface area contributed by atoms with Crippen LogP contribution in [0.2, 0.25) is 0 Å². The van der Waals surface area contributed by atoms with E-state index in [4.69, 9.17) is 9.15 Å². The third kappa shape index (κ3) is 6.79. The van der Waals surface area contributed by atoms with Crippen LogP contribution in [0.1, 0.15) is 19.4 Å². The molecule has 0 bridgehead atoms. The first-order chi connectivity index (χ1) is 8.72. The van der Waals surface area contributed by atoms with Gasteiger partial charge in [-0.15, -0.1) is 0 Å². The van der Waals surface area contributed by atoms with Crippen LogP contribution < -0.4 is 5.32 Å². The van der Waals surface area contributed by atoms with Crippen molar-refractivity contribution < 1.29 is 9.15 Å². The molecule has 18 heavy (non-hydrogen) atoms. The number of ether oxygens (including phenoxy) is 1. The van der Waals surface area contributed by atoms with Gasteiger partial charge in [0.05, 0.1) is 19.1 Å². The van der Waals surface area contributed by atoms with Crippen molar-refractivity contribution in [1.82, 2.24) is 10.2 Å². The lowest BCUT2D eigenvalue weighted by Crippen LogP contribution is -2.36. The molecule has 0 aliphatic carbocycles. The van der Waals surface area contributed by atoms with Gasteiger partial charge < -0.3 is 14.5 Å². The molecule has 1 heterocycles. The fraction of sp³-hybridized carbons (Fsp3) is 0.714. The highest BCUT2D eigenvalue weighted by molar-refractivity contribution is 5.04. The third-order valence-corrected chi connectivity index (χ3v) is 2.75. The third-order valence-electron chi connectivity index (χ3n) is 2.75. The van der Waals surface area contributed by atoms with E-state index >= 15 is 0 Å². The minimum atomic E-state index is 0.690. The van der Waals surface area contributed by atoms with Crippen LogP contribution >= 0.6 is 0 Å². The molecule has 0 aliphatic heterocycles. The summed E-state index contributed by atoms with van der Waals surface area (Å²) >= 11 is 0. The topological polar surface area (TPSA) is 37.6 Å². The van der Waals surface area contributed by atoms with Crippen LogP contribution in [0, 0.1) is 5.92 Å². The Morgan fingerprint density at radius 1 is 1.39 bits per heavy atom. The minimum absolute atomic E-state index is 0.690. The standard InChI is InChI=1S/C14H26N2O2/c1-13(2)11-16(7-9-17-3)6-5-15-10-14-4-8-18-12-14/h4,8,12-13,15H,5-7,9-11H2,1-3H3. The van der Waals surface area contributed by atoms with Crippen molar-refractivity contribution in [2.24, 2.45) is 5.92 Å². The maximum atomic E-state index is 5.14. The zero-order valence-electron chi connectivity index (χ0n) is 11.8. The van der Waals surface area contributed by atoms with Gasteiger partial charge in [-0.2, -0.15) is 0 Å². The van der Waals surface area contributed by atoms with E-state index in [1.54, 1.807) is 19.6 Å². The van der Waals surface area contributed by atoms with Crippen LogP contribution in [0.15, 0.2) is 23.0 Å². The van der Waals surface area contributed by atoms with Crippen molar-refractivity contribution in [1.29, 1.82) is 0 Å². The van der Waals surface area contributed by atoms with Gasteiger partial charge in [0.2, 0.25) is 0 Å². The van der Waals surface area contributed by atoms with Crippen molar-refractivity contribution >= 4 is 0 Å². The number of furan rings is 1. The molecule has 1 aromatic rings. The van der Waals surface area contributed by atoms with E-state index < -0.39 is 0 Å². The molecule has 0 unspecified atom stereocenters. The molecule has 0 aliphatic rings. The molecule has 4 nitrogen and oxygen atoms in total. The van der Waals surface area contributed by atoms with Gasteiger partial charge in [0, 0.05) is 45.4 Å². The monoisotopic (exact) mass is 254 g/mol. The number of methoxy groups -OCH3 is 1. The average molecular weight is 254 g/mol. The van der Waals surface area contributed by atoms with Crippen molar-refractivity contribution in [3.8, 4) is 0 Å². The van der Waals surface area contributed by atoms with Crippen molar-refractivity contribution in [2.75, 3.05) is 39.9 Å².